The van der Waals surface area contributed by atoms with Gasteiger partial charge in [0.15, 0.2) is 6.61 Å². The van der Waals surface area contributed by atoms with Crippen LogP contribution in [0, 0.1) is 0 Å². The summed E-state index contributed by atoms with van der Waals surface area (Å²) in [5, 5.41) is 4.04. The van der Waals surface area contributed by atoms with Crippen LogP contribution in [0.5, 0.6) is 11.5 Å². The third-order valence-electron chi connectivity index (χ3n) is 4.88. The molecule has 0 aliphatic carbocycles. The molecule has 0 saturated heterocycles. The van der Waals surface area contributed by atoms with Crippen molar-refractivity contribution < 1.29 is 14.3 Å². The Morgan fingerprint density at radius 1 is 0.727 bits per heavy atom. The summed E-state index contributed by atoms with van der Waals surface area (Å²) in [4.78, 5) is 12.1. The van der Waals surface area contributed by atoms with Gasteiger partial charge in [0, 0.05) is 5.56 Å². The molecule has 0 saturated carbocycles. The fourth-order valence-corrected chi connectivity index (χ4v) is 3.18. The minimum Gasteiger partial charge on any atom is -0.488 e. The lowest BCUT2D eigenvalue weighted by molar-refractivity contribution is -0.123. The quantitative estimate of drug-likeness (QED) is 0.280. The van der Waals surface area contributed by atoms with Gasteiger partial charge >= 0.3 is 0 Å². The molecule has 0 atom stereocenters. The molecule has 4 aromatic rings. The van der Waals surface area contributed by atoms with Gasteiger partial charge in [-0.15, -0.1) is 0 Å². The summed E-state index contributed by atoms with van der Waals surface area (Å²) in [6.07, 6.45) is 1.56. The van der Waals surface area contributed by atoms with Crippen molar-refractivity contribution in [1.29, 1.82) is 0 Å². The second kappa shape index (κ2) is 11.3. The SMILES string of the molecule is O=C(COc1ccc(-c2ccccc2)cc1)NN=Cc1ccccc1OCc1ccccc1. The number of nitrogens with one attached hydrogen (secondary N) is 1. The number of amides is 1. The lowest BCUT2D eigenvalue weighted by Gasteiger charge is -2.09. The van der Waals surface area contributed by atoms with Crippen LogP contribution in [0.4, 0.5) is 0 Å². The highest BCUT2D eigenvalue weighted by Gasteiger charge is 2.04. The summed E-state index contributed by atoms with van der Waals surface area (Å²) >= 11 is 0. The molecule has 0 radical (unpaired) electrons. The average Bonchev–Trinajstić information content (AvgIpc) is 2.88. The van der Waals surface area contributed by atoms with E-state index in [9.17, 15) is 4.79 Å². The zero-order valence-corrected chi connectivity index (χ0v) is 18.1. The van der Waals surface area contributed by atoms with Crippen LogP contribution in [-0.2, 0) is 11.4 Å². The molecule has 164 valence electrons. The first-order chi connectivity index (χ1) is 16.3. The molecule has 5 heteroatoms. The van der Waals surface area contributed by atoms with Gasteiger partial charge in [0.25, 0.3) is 5.91 Å². The maximum Gasteiger partial charge on any atom is 0.277 e. The summed E-state index contributed by atoms with van der Waals surface area (Å²) in [5.41, 5.74) is 6.55. The van der Waals surface area contributed by atoms with E-state index in [1.165, 1.54) is 0 Å². The summed E-state index contributed by atoms with van der Waals surface area (Å²) in [6, 6.07) is 35.2. The summed E-state index contributed by atoms with van der Waals surface area (Å²) in [5.74, 6) is 0.962. The van der Waals surface area contributed by atoms with E-state index < -0.39 is 0 Å². The van der Waals surface area contributed by atoms with Gasteiger partial charge in [-0.05, 0) is 41.0 Å². The second-order valence-corrected chi connectivity index (χ2v) is 7.28. The molecule has 0 unspecified atom stereocenters. The molecule has 5 nitrogen and oxygen atoms in total. The highest BCUT2D eigenvalue weighted by Crippen LogP contribution is 2.22. The first-order valence-corrected chi connectivity index (χ1v) is 10.6. The number of ether oxygens (including phenoxy) is 2. The van der Waals surface area contributed by atoms with Crippen molar-refractivity contribution in [3.8, 4) is 22.6 Å². The number of nitrogens with zero attached hydrogens (tertiary/aromatic N) is 1. The highest BCUT2D eigenvalue weighted by molar-refractivity contribution is 5.85. The van der Waals surface area contributed by atoms with E-state index in [1.807, 2.05) is 109 Å². The smallest absolute Gasteiger partial charge is 0.277 e. The Hall–Kier alpha value is -4.38. The van der Waals surface area contributed by atoms with Crippen molar-refractivity contribution in [2.45, 2.75) is 6.61 Å². The molecule has 0 aliphatic heterocycles. The Labute approximate surface area is 193 Å². The Morgan fingerprint density at radius 3 is 2.12 bits per heavy atom. The van der Waals surface area contributed by atoms with E-state index >= 15 is 0 Å². The van der Waals surface area contributed by atoms with Crippen molar-refractivity contribution in [2.75, 3.05) is 6.61 Å². The van der Waals surface area contributed by atoms with Crippen LogP contribution in [0.2, 0.25) is 0 Å². The Bertz CT molecular complexity index is 1190. The molecule has 4 aromatic carbocycles. The molecule has 0 fully saturated rings. The molecule has 4 rings (SSSR count). The predicted molar refractivity (Wildman–Crippen MR) is 130 cm³/mol. The van der Waals surface area contributed by atoms with E-state index in [-0.39, 0.29) is 12.5 Å². The zero-order valence-electron chi connectivity index (χ0n) is 18.1. The van der Waals surface area contributed by atoms with Gasteiger partial charge in [-0.1, -0.05) is 84.9 Å². The largest absolute Gasteiger partial charge is 0.488 e. The molecule has 0 aromatic heterocycles. The number of hydrogen-bond donors (Lipinski definition) is 1. The molecule has 0 spiro atoms. The Balaban J connectivity index is 1.26. The first kappa shape index (κ1) is 21.8. The number of para-hydroxylation sites is 1. The van der Waals surface area contributed by atoms with Crippen LogP contribution in [0.3, 0.4) is 0 Å². The maximum atomic E-state index is 12.1. The molecular weight excluding hydrogens is 412 g/mol. The van der Waals surface area contributed by atoms with Crippen molar-refractivity contribution in [3.05, 3.63) is 120 Å². The second-order valence-electron chi connectivity index (χ2n) is 7.28. The third-order valence-corrected chi connectivity index (χ3v) is 4.88. The highest BCUT2D eigenvalue weighted by atomic mass is 16.5. The number of benzene rings is 4. The Morgan fingerprint density at radius 2 is 1.36 bits per heavy atom. The van der Waals surface area contributed by atoms with Crippen molar-refractivity contribution in [1.82, 2.24) is 5.43 Å². The van der Waals surface area contributed by atoms with Gasteiger partial charge < -0.3 is 9.47 Å². The van der Waals surface area contributed by atoms with Crippen LogP contribution in [0.25, 0.3) is 11.1 Å². The Kier molecular flexibility index (Phi) is 7.48. The van der Waals surface area contributed by atoms with E-state index in [1.54, 1.807) is 6.21 Å². The lowest BCUT2D eigenvalue weighted by atomic mass is 10.1. The standard InChI is InChI=1S/C28H24N2O3/c31-28(21-32-26-17-15-24(16-18-26)23-11-5-2-6-12-23)30-29-19-25-13-7-8-14-27(25)33-20-22-9-3-1-4-10-22/h1-19H,20-21H2,(H,30,31). The van der Waals surface area contributed by atoms with Gasteiger partial charge in [-0.3, -0.25) is 4.79 Å². The lowest BCUT2D eigenvalue weighted by Crippen LogP contribution is -2.24. The number of hydrogen-bond acceptors (Lipinski definition) is 4. The van der Waals surface area contributed by atoms with E-state index in [0.29, 0.717) is 18.1 Å². The third kappa shape index (κ3) is 6.55. The van der Waals surface area contributed by atoms with Crippen LogP contribution >= 0.6 is 0 Å². The summed E-state index contributed by atoms with van der Waals surface area (Å²) in [6.45, 7) is 0.323. The van der Waals surface area contributed by atoms with Crippen LogP contribution < -0.4 is 14.9 Å². The predicted octanol–water partition coefficient (Wildman–Crippen LogP) is 5.46. The average molecular weight is 437 g/mol. The summed E-state index contributed by atoms with van der Waals surface area (Å²) in [7, 11) is 0. The monoisotopic (exact) mass is 436 g/mol. The van der Waals surface area contributed by atoms with Gasteiger partial charge in [0.2, 0.25) is 0 Å². The topological polar surface area (TPSA) is 59.9 Å². The number of rotatable bonds is 9. The van der Waals surface area contributed by atoms with Gasteiger partial charge in [0.1, 0.15) is 18.1 Å². The fraction of sp³-hybridized carbons (Fsp3) is 0.0714. The molecule has 33 heavy (non-hydrogen) atoms. The normalized spacial score (nSPS) is 10.7. The molecule has 1 amide bonds. The maximum absolute atomic E-state index is 12.1. The fourth-order valence-electron chi connectivity index (χ4n) is 3.18. The molecule has 1 N–H and O–H groups in total. The molecular formula is C28H24N2O3. The molecule has 0 bridgehead atoms. The number of carbonyl (C=O) groups is 1. The van der Waals surface area contributed by atoms with Crippen molar-refractivity contribution in [3.63, 3.8) is 0 Å². The van der Waals surface area contributed by atoms with E-state index in [4.69, 9.17) is 9.47 Å². The molecule has 0 heterocycles. The van der Waals surface area contributed by atoms with Gasteiger partial charge in [0.05, 0.1) is 6.21 Å². The number of carbonyl (C=O) groups excluding carboxylic acids is 1. The minimum absolute atomic E-state index is 0.131. The van der Waals surface area contributed by atoms with E-state index in [0.717, 1.165) is 22.3 Å². The van der Waals surface area contributed by atoms with Crippen LogP contribution in [-0.4, -0.2) is 18.7 Å². The minimum atomic E-state index is -0.346. The van der Waals surface area contributed by atoms with Crippen molar-refractivity contribution >= 4 is 12.1 Å². The number of hydrazone groups is 1. The summed E-state index contributed by atoms with van der Waals surface area (Å²) < 4.78 is 11.5. The molecule has 0 aliphatic rings. The van der Waals surface area contributed by atoms with Crippen molar-refractivity contribution in [2.24, 2.45) is 5.10 Å². The van der Waals surface area contributed by atoms with Crippen LogP contribution in [0.15, 0.2) is 114 Å². The van der Waals surface area contributed by atoms with Crippen LogP contribution in [0.1, 0.15) is 11.1 Å². The zero-order chi connectivity index (χ0) is 22.7. The van der Waals surface area contributed by atoms with E-state index in [2.05, 4.69) is 10.5 Å². The van der Waals surface area contributed by atoms with Gasteiger partial charge in [-0.2, -0.15) is 5.10 Å². The first-order valence-electron chi connectivity index (χ1n) is 10.6. The van der Waals surface area contributed by atoms with Gasteiger partial charge in [-0.25, -0.2) is 5.43 Å².